The van der Waals surface area contributed by atoms with Crippen molar-refractivity contribution in [1.29, 1.82) is 0 Å². The maximum Gasteiger partial charge on any atom is 0.490 e. The molecule has 2 aromatic carbocycles. The van der Waals surface area contributed by atoms with E-state index in [0.717, 1.165) is 17.0 Å². The molecule has 2 aliphatic heterocycles. The SMILES string of the molecule is COc1ccc2c(c1)CC(C(=O)Nc1cc(F)c(-c3cn[nH]c3)cc1N1CCC(O)CC1)CO2.O=C(O)C(F)(F)F.O=C(O)C(F)(F)F. The second-order valence-corrected chi connectivity index (χ2v) is 10.3. The number of nitrogens with one attached hydrogen (secondary N) is 2. The third-order valence-corrected chi connectivity index (χ3v) is 6.99. The van der Waals surface area contributed by atoms with Gasteiger partial charge in [0.05, 0.1) is 36.7 Å². The summed E-state index contributed by atoms with van der Waals surface area (Å²) in [6, 6.07) is 8.64. The molecule has 19 heteroatoms. The number of carboxylic acid groups (broad SMARTS) is 2. The fourth-order valence-electron chi connectivity index (χ4n) is 4.55. The van der Waals surface area contributed by atoms with Crippen molar-refractivity contribution in [3.05, 3.63) is 54.1 Å². The minimum absolute atomic E-state index is 0.234. The van der Waals surface area contributed by atoms with Crippen LogP contribution in [0.15, 0.2) is 42.7 Å². The Hall–Kier alpha value is -5.07. The van der Waals surface area contributed by atoms with Crippen molar-refractivity contribution in [3.8, 4) is 22.6 Å². The minimum Gasteiger partial charge on any atom is -0.497 e. The van der Waals surface area contributed by atoms with Crippen LogP contribution in [-0.4, -0.2) is 88.6 Å². The Balaban J connectivity index is 0.000000376. The summed E-state index contributed by atoms with van der Waals surface area (Å²) in [5, 5.41) is 33.8. The van der Waals surface area contributed by atoms with Gasteiger partial charge >= 0.3 is 24.3 Å². The normalized spacial score (nSPS) is 16.2. The molecule has 12 nitrogen and oxygen atoms in total. The lowest BCUT2D eigenvalue weighted by Crippen LogP contribution is -2.37. The van der Waals surface area contributed by atoms with Gasteiger partial charge in [0.2, 0.25) is 5.91 Å². The van der Waals surface area contributed by atoms with Crippen LogP contribution in [0.4, 0.5) is 42.1 Å². The maximum absolute atomic E-state index is 15.1. The van der Waals surface area contributed by atoms with Crippen molar-refractivity contribution in [1.82, 2.24) is 10.2 Å². The number of aromatic amines is 1. The summed E-state index contributed by atoms with van der Waals surface area (Å²) in [6.45, 7) is 1.46. The summed E-state index contributed by atoms with van der Waals surface area (Å²) in [5.74, 6) is -5.18. The number of alkyl halides is 6. The van der Waals surface area contributed by atoms with Gasteiger partial charge < -0.3 is 35.0 Å². The van der Waals surface area contributed by atoms with Crippen LogP contribution in [0.2, 0.25) is 0 Å². The van der Waals surface area contributed by atoms with Crippen LogP contribution in [-0.2, 0) is 20.8 Å². The van der Waals surface area contributed by atoms with Gasteiger partial charge in [-0.15, -0.1) is 0 Å². The van der Waals surface area contributed by atoms with Crippen molar-refractivity contribution >= 4 is 29.2 Å². The predicted octanol–water partition coefficient (Wildman–Crippen LogP) is 4.64. The van der Waals surface area contributed by atoms with Gasteiger partial charge in [-0.2, -0.15) is 31.4 Å². The first-order valence-electron chi connectivity index (χ1n) is 13.9. The summed E-state index contributed by atoms with van der Waals surface area (Å²) >= 11 is 0. The van der Waals surface area contributed by atoms with Gasteiger partial charge in [-0.1, -0.05) is 0 Å². The smallest absolute Gasteiger partial charge is 0.490 e. The molecule has 1 aromatic heterocycles. The first-order chi connectivity index (χ1) is 22.4. The van der Waals surface area contributed by atoms with E-state index in [-0.39, 0.29) is 18.6 Å². The summed E-state index contributed by atoms with van der Waals surface area (Å²) in [7, 11) is 1.60. The molecule has 2 aliphatic rings. The molecule has 3 heterocycles. The average molecular weight is 695 g/mol. The van der Waals surface area contributed by atoms with Crippen molar-refractivity contribution in [2.75, 3.05) is 37.0 Å². The number of piperidine rings is 1. The number of methoxy groups -OCH3 is 1. The maximum atomic E-state index is 15.1. The van der Waals surface area contributed by atoms with Crippen LogP contribution >= 0.6 is 0 Å². The number of carbonyl (C=O) groups excluding carboxylic acids is 1. The zero-order valence-electron chi connectivity index (χ0n) is 24.9. The number of carbonyl (C=O) groups is 3. The average Bonchev–Trinajstić information content (AvgIpc) is 3.56. The second-order valence-electron chi connectivity index (χ2n) is 10.3. The number of ether oxygens (including phenoxy) is 2. The standard InChI is InChI=1S/C25H27FN4O4.2C2HF3O2/c1-33-19-2-3-24-15(9-19)8-16(14-34-24)25(32)29-22-11-21(26)20(17-12-27-28-13-17)10-23(22)30-6-4-18(31)5-7-30;2*3-2(4,5)1(6)7/h2-3,9-13,16,18,31H,4-8,14H2,1H3,(H,27,28)(H,29,32);2*(H,6,7). The van der Waals surface area contributed by atoms with Gasteiger partial charge in [-0.05, 0) is 49.1 Å². The number of halogens is 7. The molecular formula is C29H29F7N4O8. The number of H-pyrrole nitrogens is 1. The van der Waals surface area contributed by atoms with Crippen molar-refractivity contribution < 1.29 is 69.9 Å². The molecule has 1 fully saturated rings. The van der Waals surface area contributed by atoms with Crippen molar-refractivity contribution in [3.63, 3.8) is 0 Å². The highest BCUT2D eigenvalue weighted by molar-refractivity contribution is 5.97. The van der Waals surface area contributed by atoms with Gasteiger partial charge in [0.15, 0.2) is 0 Å². The Morgan fingerprint density at radius 2 is 1.62 bits per heavy atom. The number of aliphatic hydroxyl groups excluding tert-OH is 1. The van der Waals surface area contributed by atoms with Crippen molar-refractivity contribution in [2.45, 2.75) is 37.7 Å². The number of nitrogens with zero attached hydrogens (tertiary/aromatic N) is 2. The molecule has 1 atom stereocenters. The monoisotopic (exact) mass is 694 g/mol. The summed E-state index contributed by atoms with van der Waals surface area (Å²) in [5.41, 5.74) is 3.05. The van der Waals surface area contributed by atoms with Crippen molar-refractivity contribution in [2.24, 2.45) is 5.92 Å². The van der Waals surface area contributed by atoms with E-state index < -0.39 is 36.0 Å². The van der Waals surface area contributed by atoms with E-state index in [1.54, 1.807) is 25.6 Å². The number of fused-ring (bicyclic) bond motifs is 1. The topological polar surface area (TPSA) is 174 Å². The molecule has 0 spiro atoms. The van der Waals surface area contributed by atoms with Crippen LogP contribution in [0.5, 0.6) is 11.5 Å². The highest BCUT2D eigenvalue weighted by atomic mass is 19.4. The Labute approximate surface area is 267 Å². The van der Waals surface area contributed by atoms with Gasteiger partial charge in [0.1, 0.15) is 23.9 Å². The van der Waals surface area contributed by atoms with Gasteiger partial charge in [-0.25, -0.2) is 14.0 Å². The molecule has 48 heavy (non-hydrogen) atoms. The van der Waals surface area contributed by atoms with E-state index in [0.29, 0.717) is 54.9 Å². The number of benzene rings is 2. The number of hydrogen-bond donors (Lipinski definition) is 5. The molecule has 262 valence electrons. The zero-order valence-corrected chi connectivity index (χ0v) is 24.9. The van der Waals surface area contributed by atoms with Crippen LogP contribution < -0.4 is 19.7 Å². The molecule has 0 radical (unpaired) electrons. The highest BCUT2D eigenvalue weighted by Gasteiger charge is 2.39. The Morgan fingerprint density at radius 3 is 2.15 bits per heavy atom. The van der Waals surface area contributed by atoms with Crippen LogP contribution in [0, 0.1) is 11.7 Å². The molecule has 0 saturated carbocycles. The number of aliphatic hydroxyl groups is 1. The molecular weight excluding hydrogens is 665 g/mol. The van der Waals surface area contributed by atoms with E-state index in [9.17, 15) is 36.2 Å². The van der Waals surface area contributed by atoms with Crippen LogP contribution in [0.3, 0.4) is 0 Å². The number of rotatable bonds is 5. The lowest BCUT2D eigenvalue weighted by Gasteiger charge is -2.33. The number of anilines is 2. The molecule has 1 unspecified atom stereocenters. The third-order valence-electron chi connectivity index (χ3n) is 6.99. The lowest BCUT2D eigenvalue weighted by molar-refractivity contribution is -0.193. The number of amides is 1. The largest absolute Gasteiger partial charge is 0.497 e. The second kappa shape index (κ2) is 15.7. The van der Waals surface area contributed by atoms with Gasteiger partial charge in [0, 0.05) is 36.5 Å². The molecule has 1 saturated heterocycles. The minimum atomic E-state index is -5.08. The van der Waals surface area contributed by atoms with E-state index >= 15 is 4.39 Å². The predicted molar refractivity (Wildman–Crippen MR) is 153 cm³/mol. The summed E-state index contributed by atoms with van der Waals surface area (Å²) in [6.07, 6.45) is -5.60. The molecule has 0 aliphatic carbocycles. The molecule has 0 bridgehead atoms. The fraction of sp³-hybridized carbons (Fsp3) is 0.379. The van der Waals surface area contributed by atoms with Gasteiger partial charge in [0.25, 0.3) is 0 Å². The number of hydrogen-bond acceptors (Lipinski definition) is 8. The quantitative estimate of drug-likeness (QED) is 0.237. The molecule has 1 amide bonds. The number of carboxylic acids is 2. The molecule has 5 rings (SSSR count). The number of aromatic nitrogens is 2. The number of aliphatic carboxylic acids is 2. The van der Waals surface area contributed by atoms with E-state index in [1.165, 1.54) is 6.07 Å². The lowest BCUT2D eigenvalue weighted by atomic mass is 9.95. The fourth-order valence-corrected chi connectivity index (χ4v) is 4.55. The van der Waals surface area contributed by atoms with E-state index in [1.807, 2.05) is 18.2 Å². The molecule has 5 N–H and O–H groups in total. The molecule has 3 aromatic rings. The van der Waals surface area contributed by atoms with Crippen LogP contribution in [0.1, 0.15) is 18.4 Å². The summed E-state index contributed by atoms with van der Waals surface area (Å²) in [4.78, 5) is 33.1. The first-order valence-corrected chi connectivity index (χ1v) is 13.9. The van der Waals surface area contributed by atoms with E-state index in [2.05, 4.69) is 20.4 Å². The zero-order chi connectivity index (χ0) is 35.8. The third kappa shape index (κ3) is 10.2. The van der Waals surface area contributed by atoms with E-state index in [4.69, 9.17) is 29.3 Å². The summed E-state index contributed by atoms with van der Waals surface area (Å²) < 4.78 is 89.7. The highest BCUT2D eigenvalue weighted by Crippen LogP contribution is 2.37. The van der Waals surface area contributed by atoms with Gasteiger partial charge in [-0.3, -0.25) is 9.89 Å². The Morgan fingerprint density at radius 1 is 1.02 bits per heavy atom. The Kier molecular flexibility index (Phi) is 12.2. The Bertz CT molecular complexity index is 1550. The van der Waals surface area contributed by atoms with Crippen LogP contribution in [0.25, 0.3) is 11.1 Å². The first kappa shape index (κ1) is 37.4.